The molecule has 2 aliphatic carbocycles. The molecule has 0 bridgehead atoms. The van der Waals surface area contributed by atoms with E-state index in [2.05, 4.69) is 19.1 Å². The SMILES string of the molecule is CCC[C@H]1CC[C@H](C2CCC(c3ccc(CC(=O)O)cc3)CC2)CC1. The molecule has 2 heteroatoms. The van der Waals surface area contributed by atoms with Crippen molar-refractivity contribution < 1.29 is 9.90 Å². The second-order valence-corrected chi connectivity index (χ2v) is 8.49. The highest BCUT2D eigenvalue weighted by Crippen LogP contribution is 2.44. The van der Waals surface area contributed by atoms with E-state index in [1.54, 1.807) is 0 Å². The Labute approximate surface area is 153 Å². The zero-order valence-electron chi connectivity index (χ0n) is 15.8. The molecule has 2 aliphatic rings. The lowest BCUT2D eigenvalue weighted by Gasteiger charge is -2.38. The zero-order chi connectivity index (χ0) is 17.6. The van der Waals surface area contributed by atoms with Gasteiger partial charge in [0.15, 0.2) is 0 Å². The average molecular weight is 343 g/mol. The Hall–Kier alpha value is -1.31. The molecule has 0 aliphatic heterocycles. The van der Waals surface area contributed by atoms with Crippen molar-refractivity contribution >= 4 is 5.97 Å². The van der Waals surface area contributed by atoms with E-state index in [0.717, 1.165) is 23.3 Å². The van der Waals surface area contributed by atoms with Crippen molar-refractivity contribution in [1.29, 1.82) is 0 Å². The normalized spacial score (nSPS) is 30.1. The van der Waals surface area contributed by atoms with E-state index in [1.165, 1.54) is 69.8 Å². The number of carbonyl (C=O) groups is 1. The number of carboxylic acid groups (broad SMARTS) is 1. The summed E-state index contributed by atoms with van der Waals surface area (Å²) in [6, 6.07) is 8.34. The third kappa shape index (κ3) is 5.09. The largest absolute Gasteiger partial charge is 0.481 e. The molecular formula is C23H34O2. The summed E-state index contributed by atoms with van der Waals surface area (Å²) in [6.45, 7) is 2.32. The van der Waals surface area contributed by atoms with Crippen LogP contribution in [0.15, 0.2) is 24.3 Å². The maximum atomic E-state index is 10.8. The molecule has 0 amide bonds. The molecule has 2 fully saturated rings. The van der Waals surface area contributed by atoms with Crippen LogP contribution in [0.5, 0.6) is 0 Å². The standard InChI is InChI=1S/C23H34O2/c1-2-3-17-4-8-19(9-5-17)21-12-14-22(15-13-21)20-10-6-18(7-11-20)16-23(24)25/h6-7,10-11,17,19,21-22H,2-5,8-9,12-16H2,1H3,(H,24,25)/t17-,19-,21?,22?. The summed E-state index contributed by atoms with van der Waals surface area (Å²) >= 11 is 0. The summed E-state index contributed by atoms with van der Waals surface area (Å²) in [5.41, 5.74) is 2.33. The van der Waals surface area contributed by atoms with Gasteiger partial charge in [0.1, 0.15) is 0 Å². The van der Waals surface area contributed by atoms with Gasteiger partial charge >= 0.3 is 5.97 Å². The van der Waals surface area contributed by atoms with Crippen LogP contribution in [0.3, 0.4) is 0 Å². The lowest BCUT2D eigenvalue weighted by molar-refractivity contribution is -0.136. The molecule has 0 spiro atoms. The van der Waals surface area contributed by atoms with Crippen LogP contribution in [0, 0.1) is 17.8 Å². The first-order valence-electron chi connectivity index (χ1n) is 10.5. The fourth-order valence-electron chi connectivity index (χ4n) is 5.36. The van der Waals surface area contributed by atoms with Gasteiger partial charge in [-0.1, -0.05) is 56.9 Å². The van der Waals surface area contributed by atoms with Crippen LogP contribution in [0.4, 0.5) is 0 Å². The molecular weight excluding hydrogens is 308 g/mol. The molecule has 138 valence electrons. The van der Waals surface area contributed by atoms with E-state index in [-0.39, 0.29) is 6.42 Å². The summed E-state index contributed by atoms with van der Waals surface area (Å²) in [5.74, 6) is 2.91. The van der Waals surface area contributed by atoms with Gasteiger partial charge in [-0.15, -0.1) is 0 Å². The Morgan fingerprint density at radius 3 is 2.00 bits per heavy atom. The van der Waals surface area contributed by atoms with Crippen LogP contribution in [0.1, 0.15) is 88.2 Å². The van der Waals surface area contributed by atoms with Crippen molar-refractivity contribution in [2.45, 2.75) is 83.5 Å². The fourth-order valence-corrected chi connectivity index (χ4v) is 5.36. The Morgan fingerprint density at radius 2 is 1.48 bits per heavy atom. The maximum absolute atomic E-state index is 10.8. The highest BCUT2D eigenvalue weighted by atomic mass is 16.4. The molecule has 1 N–H and O–H groups in total. The van der Waals surface area contributed by atoms with Crippen molar-refractivity contribution in [2.75, 3.05) is 0 Å². The van der Waals surface area contributed by atoms with Gasteiger partial charge in [0.05, 0.1) is 6.42 Å². The first-order chi connectivity index (χ1) is 12.2. The molecule has 2 nitrogen and oxygen atoms in total. The van der Waals surface area contributed by atoms with Gasteiger partial charge in [0.25, 0.3) is 0 Å². The van der Waals surface area contributed by atoms with E-state index < -0.39 is 5.97 Å². The minimum atomic E-state index is -0.748. The second kappa shape index (κ2) is 8.87. The number of hydrogen-bond acceptors (Lipinski definition) is 1. The Balaban J connectivity index is 1.46. The van der Waals surface area contributed by atoms with Gasteiger partial charge in [-0.3, -0.25) is 4.79 Å². The lowest BCUT2D eigenvalue weighted by Crippen LogP contribution is -2.25. The van der Waals surface area contributed by atoms with E-state index in [9.17, 15) is 4.79 Å². The third-order valence-electron chi connectivity index (χ3n) is 6.83. The van der Waals surface area contributed by atoms with Gasteiger partial charge in [0, 0.05) is 0 Å². The first kappa shape index (κ1) is 18.5. The maximum Gasteiger partial charge on any atom is 0.307 e. The van der Waals surface area contributed by atoms with E-state index >= 15 is 0 Å². The minimum Gasteiger partial charge on any atom is -0.481 e. The predicted molar refractivity (Wildman–Crippen MR) is 103 cm³/mol. The van der Waals surface area contributed by atoms with Gasteiger partial charge in [-0.05, 0) is 73.3 Å². The Bertz CT molecular complexity index is 532. The molecule has 3 rings (SSSR count). The molecule has 25 heavy (non-hydrogen) atoms. The summed E-state index contributed by atoms with van der Waals surface area (Å²) in [4.78, 5) is 10.8. The zero-order valence-corrected chi connectivity index (χ0v) is 15.8. The first-order valence-corrected chi connectivity index (χ1v) is 10.5. The van der Waals surface area contributed by atoms with Crippen LogP contribution < -0.4 is 0 Å². The number of carboxylic acids is 1. The molecule has 1 aromatic rings. The van der Waals surface area contributed by atoms with Gasteiger partial charge in [0.2, 0.25) is 0 Å². The van der Waals surface area contributed by atoms with Crippen molar-refractivity contribution in [3.63, 3.8) is 0 Å². The van der Waals surface area contributed by atoms with Crippen LogP contribution in [-0.2, 0) is 11.2 Å². The number of benzene rings is 1. The molecule has 0 radical (unpaired) electrons. The van der Waals surface area contributed by atoms with Crippen LogP contribution in [0.25, 0.3) is 0 Å². The second-order valence-electron chi connectivity index (χ2n) is 8.49. The third-order valence-corrected chi connectivity index (χ3v) is 6.83. The summed E-state index contributed by atoms with van der Waals surface area (Å²) < 4.78 is 0. The Kier molecular flexibility index (Phi) is 6.56. The summed E-state index contributed by atoms with van der Waals surface area (Å²) in [5, 5.41) is 8.88. The average Bonchev–Trinajstić information content (AvgIpc) is 2.63. The van der Waals surface area contributed by atoms with Crippen molar-refractivity contribution in [3.05, 3.63) is 35.4 Å². The van der Waals surface area contributed by atoms with Crippen molar-refractivity contribution in [1.82, 2.24) is 0 Å². The van der Waals surface area contributed by atoms with Gasteiger partial charge in [-0.2, -0.15) is 0 Å². The number of hydrogen-bond donors (Lipinski definition) is 1. The molecule has 0 unspecified atom stereocenters. The van der Waals surface area contributed by atoms with Crippen molar-refractivity contribution in [3.8, 4) is 0 Å². The molecule has 0 aromatic heterocycles. The smallest absolute Gasteiger partial charge is 0.307 e. The van der Waals surface area contributed by atoms with E-state index in [1.807, 2.05) is 12.1 Å². The van der Waals surface area contributed by atoms with E-state index in [4.69, 9.17) is 5.11 Å². The highest BCUT2D eigenvalue weighted by Gasteiger charge is 2.31. The monoisotopic (exact) mass is 342 g/mol. The highest BCUT2D eigenvalue weighted by molar-refractivity contribution is 5.70. The molecule has 0 saturated heterocycles. The van der Waals surface area contributed by atoms with Crippen LogP contribution >= 0.6 is 0 Å². The number of rotatable bonds is 6. The van der Waals surface area contributed by atoms with E-state index in [0.29, 0.717) is 5.92 Å². The fraction of sp³-hybridized carbons (Fsp3) is 0.696. The lowest BCUT2D eigenvalue weighted by atomic mass is 9.68. The van der Waals surface area contributed by atoms with Gasteiger partial charge in [-0.25, -0.2) is 0 Å². The number of aliphatic carboxylic acids is 1. The van der Waals surface area contributed by atoms with Crippen LogP contribution in [0.2, 0.25) is 0 Å². The molecule has 0 heterocycles. The van der Waals surface area contributed by atoms with Gasteiger partial charge < -0.3 is 5.11 Å². The molecule has 2 saturated carbocycles. The van der Waals surface area contributed by atoms with Crippen molar-refractivity contribution in [2.24, 2.45) is 17.8 Å². The summed E-state index contributed by atoms with van der Waals surface area (Å²) in [6.07, 6.45) is 14.3. The predicted octanol–water partition coefficient (Wildman–Crippen LogP) is 6.19. The molecule has 1 aromatic carbocycles. The van der Waals surface area contributed by atoms with Crippen LogP contribution in [-0.4, -0.2) is 11.1 Å². The molecule has 0 atom stereocenters. The minimum absolute atomic E-state index is 0.133. The topological polar surface area (TPSA) is 37.3 Å². The summed E-state index contributed by atoms with van der Waals surface area (Å²) in [7, 11) is 0. The Morgan fingerprint density at radius 1 is 0.920 bits per heavy atom. The quantitative estimate of drug-likeness (QED) is 0.669.